The molecule has 0 aliphatic carbocycles. The highest BCUT2D eigenvalue weighted by atomic mass is 127. The monoisotopic (exact) mass is 338 g/mol. The van der Waals surface area contributed by atoms with Gasteiger partial charge in [0, 0.05) is 14.2 Å². The zero-order valence-corrected chi connectivity index (χ0v) is 11.0. The van der Waals surface area contributed by atoms with Crippen LogP contribution in [-0.4, -0.2) is 5.11 Å². The highest BCUT2D eigenvalue weighted by Gasteiger charge is 2.10. The number of hydrogen-bond acceptors (Lipinski definition) is 2. The molecular weight excluding hydrogens is 331 g/mol. The van der Waals surface area contributed by atoms with Gasteiger partial charge in [-0.15, -0.1) is 22.9 Å². The topological polar surface area (TPSA) is 20.2 Å². The Morgan fingerprint density at radius 3 is 2.93 bits per heavy atom. The van der Waals surface area contributed by atoms with E-state index in [2.05, 4.69) is 28.7 Å². The number of hydrogen-bond donors (Lipinski definition) is 1. The smallest absolute Gasteiger partial charge is 0.0696 e. The number of fused-ring (bicyclic) bond motifs is 1. The van der Waals surface area contributed by atoms with E-state index < -0.39 is 0 Å². The molecule has 1 nitrogen and oxygen atoms in total. The molecule has 1 N–H and O–H groups in total. The molecule has 0 amide bonds. The second-order valence-corrected chi connectivity index (χ2v) is 5.30. The van der Waals surface area contributed by atoms with Crippen LogP contribution in [-0.2, 0) is 12.5 Å². The lowest BCUT2D eigenvalue weighted by atomic mass is 10.1. The number of aliphatic hydroxyl groups excluding tert-OH is 1. The van der Waals surface area contributed by atoms with Gasteiger partial charge in [-0.2, -0.15) is 0 Å². The van der Waals surface area contributed by atoms with Crippen LogP contribution in [0.4, 0.5) is 0 Å². The van der Waals surface area contributed by atoms with Crippen molar-refractivity contribution in [3.63, 3.8) is 0 Å². The van der Waals surface area contributed by atoms with Gasteiger partial charge in [-0.25, -0.2) is 0 Å². The summed E-state index contributed by atoms with van der Waals surface area (Å²) in [4.78, 5) is 0. The average Bonchev–Trinajstić information content (AvgIpc) is 2.65. The number of aliphatic hydroxyl groups is 1. The van der Waals surface area contributed by atoms with Gasteiger partial charge in [-0.1, -0.05) is 0 Å². The van der Waals surface area contributed by atoms with Crippen molar-refractivity contribution in [3.8, 4) is 0 Å². The molecule has 2 rings (SSSR count). The maximum atomic E-state index is 9.21. The van der Waals surface area contributed by atoms with Crippen molar-refractivity contribution in [2.75, 3.05) is 0 Å². The van der Waals surface area contributed by atoms with Gasteiger partial charge in [0.05, 0.1) is 6.61 Å². The molecule has 0 bridgehead atoms. The third-order valence-electron chi connectivity index (χ3n) is 2.18. The molecule has 0 spiro atoms. The van der Waals surface area contributed by atoms with E-state index in [9.17, 15) is 5.11 Å². The fourth-order valence-electron chi connectivity index (χ4n) is 1.48. The Hall–Kier alpha value is 0.160. The van der Waals surface area contributed by atoms with Crippen molar-refractivity contribution < 1.29 is 5.11 Å². The van der Waals surface area contributed by atoms with Crippen LogP contribution in [0.2, 0.25) is 0 Å². The maximum absolute atomic E-state index is 9.21. The van der Waals surface area contributed by atoms with E-state index in [0.29, 0.717) is 5.88 Å². The average molecular weight is 339 g/mol. The summed E-state index contributed by atoms with van der Waals surface area (Å²) < 4.78 is 2.29. The molecule has 74 valence electrons. The number of thiophene rings is 1. The first-order valence-corrected chi connectivity index (χ1v) is 6.61. The Morgan fingerprint density at radius 1 is 1.50 bits per heavy atom. The molecule has 0 aliphatic rings. The molecule has 0 unspecified atom stereocenters. The summed E-state index contributed by atoms with van der Waals surface area (Å²) in [5.74, 6) is 0.525. The Balaban J connectivity index is 2.81. The van der Waals surface area contributed by atoms with Gasteiger partial charge < -0.3 is 5.11 Å². The van der Waals surface area contributed by atoms with E-state index in [1.165, 1.54) is 10.9 Å². The predicted octanol–water partition coefficient (Wildman–Crippen LogP) is 3.74. The number of halogens is 2. The first kappa shape index (κ1) is 10.7. The first-order valence-electron chi connectivity index (χ1n) is 4.12. The molecule has 0 fully saturated rings. The van der Waals surface area contributed by atoms with Crippen LogP contribution in [0.5, 0.6) is 0 Å². The van der Waals surface area contributed by atoms with Gasteiger partial charge in [-0.3, -0.25) is 0 Å². The van der Waals surface area contributed by atoms with Crippen molar-refractivity contribution in [3.05, 3.63) is 32.2 Å². The number of alkyl halides is 1. The van der Waals surface area contributed by atoms with Crippen LogP contribution in [0.1, 0.15) is 11.1 Å². The molecule has 14 heavy (non-hydrogen) atoms. The minimum absolute atomic E-state index is 0.0928. The zero-order valence-electron chi connectivity index (χ0n) is 7.26. The Labute approximate surface area is 105 Å². The SMILES string of the molecule is OCc1cc(I)c(CCl)c2ccsc12. The normalized spacial score (nSPS) is 11.1. The predicted molar refractivity (Wildman–Crippen MR) is 70.0 cm³/mol. The highest BCUT2D eigenvalue weighted by molar-refractivity contribution is 14.1. The zero-order chi connectivity index (χ0) is 10.1. The summed E-state index contributed by atoms with van der Waals surface area (Å²) in [5, 5.41) is 12.4. The van der Waals surface area contributed by atoms with Crippen molar-refractivity contribution in [1.82, 2.24) is 0 Å². The minimum Gasteiger partial charge on any atom is -0.392 e. The third kappa shape index (κ3) is 1.66. The summed E-state index contributed by atoms with van der Waals surface area (Å²) in [5.41, 5.74) is 2.16. The molecule has 0 radical (unpaired) electrons. The number of benzene rings is 1. The van der Waals surface area contributed by atoms with Crippen LogP contribution >= 0.6 is 45.5 Å². The van der Waals surface area contributed by atoms with E-state index in [-0.39, 0.29) is 6.61 Å². The Morgan fingerprint density at radius 2 is 2.29 bits per heavy atom. The fourth-order valence-corrected chi connectivity index (χ4v) is 3.79. The van der Waals surface area contributed by atoms with Crippen LogP contribution in [0.15, 0.2) is 17.5 Å². The molecular formula is C10H8ClIOS. The van der Waals surface area contributed by atoms with E-state index in [4.69, 9.17) is 11.6 Å². The lowest BCUT2D eigenvalue weighted by molar-refractivity contribution is 0.283. The maximum Gasteiger partial charge on any atom is 0.0696 e. The molecule has 0 atom stereocenters. The van der Waals surface area contributed by atoms with Crippen LogP contribution in [0, 0.1) is 3.57 Å². The largest absolute Gasteiger partial charge is 0.392 e. The Bertz CT molecular complexity index is 466. The molecule has 0 saturated heterocycles. The van der Waals surface area contributed by atoms with E-state index in [1.807, 2.05) is 11.4 Å². The minimum atomic E-state index is 0.0928. The van der Waals surface area contributed by atoms with Gasteiger partial charge in [0.15, 0.2) is 0 Å². The quantitative estimate of drug-likeness (QED) is 0.653. The lowest BCUT2D eigenvalue weighted by Crippen LogP contribution is -1.91. The second-order valence-electron chi connectivity index (χ2n) is 2.95. The molecule has 0 saturated carbocycles. The first-order chi connectivity index (χ1) is 6.77. The van der Waals surface area contributed by atoms with Crippen LogP contribution < -0.4 is 0 Å². The van der Waals surface area contributed by atoms with Crippen molar-refractivity contribution in [1.29, 1.82) is 0 Å². The van der Waals surface area contributed by atoms with E-state index in [0.717, 1.165) is 13.8 Å². The molecule has 4 heteroatoms. The van der Waals surface area contributed by atoms with Gasteiger partial charge in [0.25, 0.3) is 0 Å². The molecule has 1 aromatic carbocycles. The van der Waals surface area contributed by atoms with Crippen LogP contribution in [0.3, 0.4) is 0 Å². The van der Waals surface area contributed by atoms with Gasteiger partial charge in [0.1, 0.15) is 0 Å². The van der Waals surface area contributed by atoms with Crippen LogP contribution in [0.25, 0.3) is 10.1 Å². The molecule has 0 aliphatic heterocycles. The molecule has 2 aromatic rings. The van der Waals surface area contributed by atoms with E-state index >= 15 is 0 Å². The van der Waals surface area contributed by atoms with E-state index in [1.54, 1.807) is 11.3 Å². The highest BCUT2D eigenvalue weighted by Crippen LogP contribution is 2.32. The van der Waals surface area contributed by atoms with Crippen molar-refractivity contribution in [2.45, 2.75) is 12.5 Å². The Kier molecular flexibility index (Phi) is 3.31. The van der Waals surface area contributed by atoms with Gasteiger partial charge >= 0.3 is 0 Å². The standard InChI is InChI=1S/C10H8ClIOS/c11-4-8-7-1-2-14-10(7)6(5-13)3-9(8)12/h1-3,13H,4-5H2. The summed E-state index contributed by atoms with van der Waals surface area (Å²) in [6.07, 6.45) is 0. The fraction of sp³-hybridized carbons (Fsp3) is 0.200. The van der Waals surface area contributed by atoms with Crippen molar-refractivity contribution >= 4 is 55.6 Å². The molecule has 1 aromatic heterocycles. The third-order valence-corrected chi connectivity index (χ3v) is 4.39. The second kappa shape index (κ2) is 4.35. The van der Waals surface area contributed by atoms with Gasteiger partial charge in [-0.05, 0) is 56.6 Å². The summed E-state index contributed by atoms with van der Waals surface area (Å²) in [6.45, 7) is 0.0928. The molecule has 1 heterocycles. The number of rotatable bonds is 2. The summed E-state index contributed by atoms with van der Waals surface area (Å²) in [7, 11) is 0. The van der Waals surface area contributed by atoms with Crippen molar-refractivity contribution in [2.24, 2.45) is 0 Å². The summed E-state index contributed by atoms with van der Waals surface area (Å²) >= 11 is 9.82. The lowest BCUT2D eigenvalue weighted by Gasteiger charge is -2.06. The summed E-state index contributed by atoms with van der Waals surface area (Å²) in [6, 6.07) is 4.08. The van der Waals surface area contributed by atoms with Gasteiger partial charge in [0.2, 0.25) is 0 Å².